The Bertz CT molecular complexity index is 808. The van der Waals surface area contributed by atoms with E-state index < -0.39 is 0 Å². The quantitative estimate of drug-likeness (QED) is 0.775. The molecule has 6 nitrogen and oxygen atoms in total. The van der Waals surface area contributed by atoms with Gasteiger partial charge in [-0.05, 0) is 26.7 Å². The highest BCUT2D eigenvalue weighted by molar-refractivity contribution is 7.11. The highest BCUT2D eigenvalue weighted by atomic mass is 32.1. The van der Waals surface area contributed by atoms with Crippen molar-refractivity contribution in [2.75, 3.05) is 5.32 Å². The molecule has 0 aliphatic heterocycles. The van der Waals surface area contributed by atoms with E-state index in [0.29, 0.717) is 35.3 Å². The Morgan fingerprint density at radius 1 is 1.09 bits per heavy atom. The molecule has 0 fully saturated rings. The predicted octanol–water partition coefficient (Wildman–Crippen LogP) is 3.56. The molecular formula is C15H19N5OS. The smallest absolute Gasteiger partial charge is 0.252 e. The van der Waals surface area contributed by atoms with Crippen LogP contribution in [-0.2, 0) is 13.0 Å². The summed E-state index contributed by atoms with van der Waals surface area (Å²) in [4.78, 5) is 18.9. The molecular weight excluding hydrogens is 298 g/mol. The summed E-state index contributed by atoms with van der Waals surface area (Å²) in [7, 11) is 0. The Morgan fingerprint density at radius 3 is 2.68 bits per heavy atom. The molecule has 3 rings (SSSR count). The van der Waals surface area contributed by atoms with E-state index in [4.69, 9.17) is 4.42 Å². The van der Waals surface area contributed by atoms with Gasteiger partial charge in [-0.1, -0.05) is 6.92 Å². The van der Waals surface area contributed by atoms with Crippen LogP contribution in [0.25, 0.3) is 11.2 Å². The number of hydrogen-bond acceptors (Lipinski definition) is 7. The van der Waals surface area contributed by atoms with Crippen molar-refractivity contribution < 1.29 is 4.42 Å². The third-order valence-electron chi connectivity index (χ3n) is 3.29. The van der Waals surface area contributed by atoms with Crippen LogP contribution in [0.15, 0.2) is 4.42 Å². The average molecular weight is 317 g/mol. The number of aromatic nitrogens is 4. The summed E-state index contributed by atoms with van der Waals surface area (Å²) in [5, 5.41) is 4.54. The summed E-state index contributed by atoms with van der Waals surface area (Å²) in [6, 6.07) is 0. The highest BCUT2D eigenvalue weighted by Gasteiger charge is 2.13. The van der Waals surface area contributed by atoms with Crippen molar-refractivity contribution in [1.29, 1.82) is 0 Å². The second-order valence-electron chi connectivity index (χ2n) is 5.23. The first-order valence-electron chi connectivity index (χ1n) is 7.37. The van der Waals surface area contributed by atoms with Gasteiger partial charge in [-0.2, -0.15) is 4.98 Å². The number of thiazole rings is 1. The van der Waals surface area contributed by atoms with E-state index in [0.717, 1.165) is 18.5 Å². The lowest BCUT2D eigenvalue weighted by molar-refractivity contribution is 0.550. The lowest BCUT2D eigenvalue weighted by Crippen LogP contribution is -2.03. The minimum absolute atomic E-state index is 0.528. The maximum absolute atomic E-state index is 5.49. The summed E-state index contributed by atoms with van der Waals surface area (Å²) >= 11 is 1.76. The van der Waals surface area contributed by atoms with Crippen molar-refractivity contribution in [1.82, 2.24) is 19.9 Å². The number of anilines is 1. The van der Waals surface area contributed by atoms with Crippen molar-refractivity contribution in [2.24, 2.45) is 0 Å². The Morgan fingerprint density at radius 2 is 1.91 bits per heavy atom. The number of oxazole rings is 1. The van der Waals surface area contributed by atoms with Crippen molar-refractivity contribution in [3.8, 4) is 0 Å². The van der Waals surface area contributed by atoms with Crippen LogP contribution in [-0.4, -0.2) is 19.9 Å². The van der Waals surface area contributed by atoms with E-state index in [9.17, 15) is 0 Å². The van der Waals surface area contributed by atoms with Crippen LogP contribution in [0, 0.1) is 20.8 Å². The third-order valence-corrected chi connectivity index (χ3v) is 4.51. The number of rotatable bonds is 5. The second kappa shape index (κ2) is 6.00. The molecule has 0 radical (unpaired) electrons. The van der Waals surface area contributed by atoms with Crippen molar-refractivity contribution >= 4 is 28.4 Å². The number of aryl methyl sites for hydroxylation is 4. The van der Waals surface area contributed by atoms with Gasteiger partial charge < -0.3 is 9.73 Å². The maximum Gasteiger partial charge on any atom is 0.252 e. The zero-order valence-electron chi connectivity index (χ0n) is 13.2. The van der Waals surface area contributed by atoms with E-state index >= 15 is 0 Å². The number of nitrogens with zero attached hydrogens (tertiary/aromatic N) is 4. The Kier molecular flexibility index (Phi) is 4.06. The number of nitrogens with one attached hydrogen (secondary N) is 1. The molecule has 0 aromatic carbocycles. The van der Waals surface area contributed by atoms with E-state index in [1.54, 1.807) is 11.3 Å². The van der Waals surface area contributed by atoms with E-state index in [1.165, 1.54) is 9.88 Å². The van der Waals surface area contributed by atoms with E-state index in [2.05, 4.69) is 32.2 Å². The van der Waals surface area contributed by atoms with E-state index in [1.807, 2.05) is 20.8 Å². The standard InChI is InChI=1S/C15H19N5OS/c1-5-6-12-17-8(2)11(22-12)7-16-14-13-15(19-9(3)18-14)21-10(4)20-13/h5-7H2,1-4H3,(H,16,18,19). The first-order chi connectivity index (χ1) is 10.6. The molecule has 0 aliphatic carbocycles. The van der Waals surface area contributed by atoms with Gasteiger partial charge in [0.1, 0.15) is 5.82 Å². The minimum atomic E-state index is 0.528. The lowest BCUT2D eigenvalue weighted by atomic mass is 10.3. The average Bonchev–Trinajstić information content (AvgIpc) is 2.98. The number of hydrogen-bond donors (Lipinski definition) is 1. The molecule has 3 aromatic heterocycles. The van der Waals surface area contributed by atoms with Crippen molar-refractivity contribution in [3.05, 3.63) is 27.3 Å². The normalized spacial score (nSPS) is 11.3. The molecule has 116 valence electrons. The molecule has 3 aromatic rings. The maximum atomic E-state index is 5.49. The molecule has 0 bridgehead atoms. The number of fused-ring (bicyclic) bond motifs is 1. The van der Waals surface area contributed by atoms with Gasteiger partial charge in [0.15, 0.2) is 17.2 Å². The first kappa shape index (κ1) is 14.9. The second-order valence-corrected chi connectivity index (χ2v) is 6.39. The largest absolute Gasteiger partial charge is 0.422 e. The topological polar surface area (TPSA) is 76.7 Å². The van der Waals surface area contributed by atoms with Crippen molar-refractivity contribution in [2.45, 2.75) is 47.1 Å². The first-order valence-corrected chi connectivity index (χ1v) is 8.19. The molecule has 22 heavy (non-hydrogen) atoms. The molecule has 7 heteroatoms. The van der Waals surface area contributed by atoms with Gasteiger partial charge in [-0.25, -0.2) is 15.0 Å². The van der Waals surface area contributed by atoms with Gasteiger partial charge in [-0.15, -0.1) is 11.3 Å². The van der Waals surface area contributed by atoms with Crippen LogP contribution in [0.1, 0.15) is 40.6 Å². The molecule has 0 atom stereocenters. The van der Waals surface area contributed by atoms with Gasteiger partial charge in [0, 0.05) is 11.8 Å². The van der Waals surface area contributed by atoms with Gasteiger partial charge in [-0.3, -0.25) is 0 Å². The molecule has 0 unspecified atom stereocenters. The van der Waals surface area contributed by atoms with Crippen LogP contribution in [0.2, 0.25) is 0 Å². The van der Waals surface area contributed by atoms with Gasteiger partial charge >= 0.3 is 0 Å². The minimum Gasteiger partial charge on any atom is -0.422 e. The Labute approximate surface area is 133 Å². The molecule has 0 saturated carbocycles. The summed E-state index contributed by atoms with van der Waals surface area (Å²) < 4.78 is 5.49. The molecule has 3 heterocycles. The summed E-state index contributed by atoms with van der Waals surface area (Å²) in [5.74, 6) is 1.97. The van der Waals surface area contributed by atoms with Crippen molar-refractivity contribution in [3.63, 3.8) is 0 Å². The van der Waals surface area contributed by atoms with Gasteiger partial charge in [0.25, 0.3) is 5.71 Å². The van der Waals surface area contributed by atoms with Crippen LogP contribution in [0.4, 0.5) is 5.82 Å². The zero-order valence-corrected chi connectivity index (χ0v) is 14.0. The Hall–Kier alpha value is -2.02. The van der Waals surface area contributed by atoms with Crippen LogP contribution in [0.5, 0.6) is 0 Å². The fourth-order valence-electron chi connectivity index (χ4n) is 2.29. The molecule has 0 saturated heterocycles. The summed E-state index contributed by atoms with van der Waals surface area (Å²) in [6.45, 7) is 8.56. The van der Waals surface area contributed by atoms with Gasteiger partial charge in [0.05, 0.1) is 17.2 Å². The van der Waals surface area contributed by atoms with Crippen LogP contribution < -0.4 is 5.32 Å². The SMILES string of the molecule is CCCc1nc(C)c(CNc2nc(C)nc3oc(C)nc23)s1. The molecule has 0 amide bonds. The summed E-state index contributed by atoms with van der Waals surface area (Å²) in [6.07, 6.45) is 2.15. The van der Waals surface area contributed by atoms with E-state index in [-0.39, 0.29) is 0 Å². The molecule has 0 spiro atoms. The Balaban J connectivity index is 1.84. The monoisotopic (exact) mass is 317 g/mol. The third kappa shape index (κ3) is 2.94. The zero-order chi connectivity index (χ0) is 15.7. The predicted molar refractivity (Wildman–Crippen MR) is 87.2 cm³/mol. The molecule has 1 N–H and O–H groups in total. The fraction of sp³-hybridized carbons (Fsp3) is 0.467. The molecule has 0 aliphatic rings. The lowest BCUT2D eigenvalue weighted by Gasteiger charge is -2.05. The van der Waals surface area contributed by atoms with Gasteiger partial charge in [0.2, 0.25) is 0 Å². The van der Waals surface area contributed by atoms with Crippen LogP contribution in [0.3, 0.4) is 0 Å². The fourth-order valence-corrected chi connectivity index (χ4v) is 3.40. The van der Waals surface area contributed by atoms with Crippen LogP contribution >= 0.6 is 11.3 Å². The summed E-state index contributed by atoms with van der Waals surface area (Å²) in [5.41, 5.74) is 2.29. The highest BCUT2D eigenvalue weighted by Crippen LogP contribution is 2.24.